The van der Waals surface area contributed by atoms with Crippen LogP contribution in [-0.4, -0.2) is 18.4 Å². The number of Topliss-reactive ketones (excluding diaryl/α,β-unsaturated/α-hetero) is 1. The monoisotopic (exact) mass is 334 g/mol. The highest BCUT2D eigenvalue weighted by molar-refractivity contribution is 5.97. The van der Waals surface area contributed by atoms with Crippen LogP contribution >= 0.6 is 0 Å². The number of rotatable bonds is 7. The van der Waals surface area contributed by atoms with E-state index in [1.807, 2.05) is 48.5 Å². The molecule has 4 nitrogen and oxygen atoms in total. The molecule has 3 rings (SSSR count). The van der Waals surface area contributed by atoms with Crippen molar-refractivity contribution in [2.45, 2.75) is 12.8 Å². The van der Waals surface area contributed by atoms with Gasteiger partial charge in [-0.3, -0.25) is 9.59 Å². The van der Waals surface area contributed by atoms with Crippen molar-refractivity contribution in [2.75, 3.05) is 6.61 Å². The summed E-state index contributed by atoms with van der Waals surface area (Å²) in [5.74, 6) is 0.855. The summed E-state index contributed by atoms with van der Waals surface area (Å²) in [5, 5.41) is 0. The molecule has 0 amide bonds. The molecule has 3 aromatic rings. The number of ether oxygens (including phenoxy) is 1. The minimum Gasteiger partial charge on any atom is -0.461 e. The summed E-state index contributed by atoms with van der Waals surface area (Å²) >= 11 is 0. The number of hydrogen-bond donors (Lipinski definition) is 0. The number of carbonyl (C=O) groups is 2. The molecular weight excluding hydrogens is 316 g/mol. The van der Waals surface area contributed by atoms with Crippen LogP contribution in [0, 0.1) is 0 Å². The summed E-state index contributed by atoms with van der Waals surface area (Å²) < 4.78 is 10.8. The number of esters is 1. The topological polar surface area (TPSA) is 56.5 Å². The third kappa shape index (κ3) is 4.67. The Morgan fingerprint density at radius 3 is 2.24 bits per heavy atom. The molecule has 4 heteroatoms. The fourth-order valence-electron chi connectivity index (χ4n) is 2.42. The summed E-state index contributed by atoms with van der Waals surface area (Å²) in [6, 6.07) is 22.3. The maximum Gasteiger partial charge on any atom is 0.306 e. The van der Waals surface area contributed by atoms with Gasteiger partial charge in [0.2, 0.25) is 0 Å². The predicted octanol–water partition coefficient (Wildman–Crippen LogP) is 4.31. The highest BCUT2D eigenvalue weighted by atomic mass is 16.5. The van der Waals surface area contributed by atoms with E-state index in [-0.39, 0.29) is 18.8 Å². The van der Waals surface area contributed by atoms with Gasteiger partial charge < -0.3 is 9.15 Å². The summed E-state index contributed by atoms with van der Waals surface area (Å²) in [4.78, 5) is 23.7. The van der Waals surface area contributed by atoms with Crippen molar-refractivity contribution in [3.05, 3.63) is 84.1 Å². The Morgan fingerprint density at radius 2 is 1.52 bits per heavy atom. The summed E-state index contributed by atoms with van der Waals surface area (Å²) in [5.41, 5.74) is 1.53. The minimum absolute atomic E-state index is 0.170. The highest BCUT2D eigenvalue weighted by Crippen LogP contribution is 2.22. The van der Waals surface area contributed by atoms with Gasteiger partial charge in [0.05, 0.1) is 6.42 Å². The SMILES string of the molecule is O=C(CCc1ccc(-c2ccccc2)o1)OCC(=O)c1ccccc1. The van der Waals surface area contributed by atoms with Crippen LogP contribution in [0.3, 0.4) is 0 Å². The lowest BCUT2D eigenvalue weighted by Crippen LogP contribution is -2.14. The molecule has 0 saturated carbocycles. The number of ketones is 1. The fraction of sp³-hybridized carbons (Fsp3) is 0.143. The summed E-state index contributed by atoms with van der Waals surface area (Å²) in [6.07, 6.45) is 0.606. The van der Waals surface area contributed by atoms with Gasteiger partial charge in [-0.25, -0.2) is 0 Å². The first kappa shape index (κ1) is 16.7. The van der Waals surface area contributed by atoms with Crippen molar-refractivity contribution in [3.63, 3.8) is 0 Å². The Hall–Kier alpha value is -3.14. The van der Waals surface area contributed by atoms with Gasteiger partial charge in [0.15, 0.2) is 12.4 Å². The van der Waals surface area contributed by atoms with Crippen LogP contribution in [0.5, 0.6) is 0 Å². The van der Waals surface area contributed by atoms with Crippen LogP contribution in [0.1, 0.15) is 22.5 Å². The second kappa shape index (κ2) is 8.11. The number of aryl methyl sites for hydroxylation is 1. The lowest BCUT2D eigenvalue weighted by molar-refractivity contribution is -0.142. The van der Waals surface area contributed by atoms with E-state index < -0.39 is 5.97 Å². The van der Waals surface area contributed by atoms with Crippen molar-refractivity contribution in [1.82, 2.24) is 0 Å². The van der Waals surface area contributed by atoms with E-state index in [9.17, 15) is 9.59 Å². The fourth-order valence-corrected chi connectivity index (χ4v) is 2.42. The first-order valence-corrected chi connectivity index (χ1v) is 8.10. The number of carbonyl (C=O) groups excluding carboxylic acids is 2. The maximum absolute atomic E-state index is 11.9. The molecule has 1 heterocycles. The minimum atomic E-state index is -0.415. The van der Waals surface area contributed by atoms with Crippen LogP contribution in [0.4, 0.5) is 0 Å². The third-order valence-electron chi connectivity index (χ3n) is 3.76. The number of benzene rings is 2. The van der Waals surface area contributed by atoms with Crippen molar-refractivity contribution in [3.8, 4) is 11.3 Å². The van der Waals surface area contributed by atoms with Crippen molar-refractivity contribution in [1.29, 1.82) is 0 Å². The molecule has 0 saturated heterocycles. The zero-order valence-electron chi connectivity index (χ0n) is 13.7. The number of furan rings is 1. The van der Waals surface area contributed by atoms with Crippen LogP contribution < -0.4 is 0 Å². The summed E-state index contributed by atoms with van der Waals surface area (Å²) in [6.45, 7) is -0.240. The van der Waals surface area contributed by atoms with Gasteiger partial charge >= 0.3 is 5.97 Å². The first-order valence-electron chi connectivity index (χ1n) is 8.10. The van der Waals surface area contributed by atoms with Crippen molar-refractivity contribution >= 4 is 11.8 Å². The predicted molar refractivity (Wildman–Crippen MR) is 94.2 cm³/mol. The lowest BCUT2D eigenvalue weighted by Gasteiger charge is -2.04. The van der Waals surface area contributed by atoms with Crippen LogP contribution in [0.2, 0.25) is 0 Å². The quantitative estimate of drug-likeness (QED) is 0.477. The molecule has 0 N–H and O–H groups in total. The molecule has 126 valence electrons. The normalized spacial score (nSPS) is 10.4. The molecule has 0 bridgehead atoms. The van der Waals surface area contributed by atoms with E-state index >= 15 is 0 Å². The maximum atomic E-state index is 11.9. The van der Waals surface area contributed by atoms with Gasteiger partial charge in [-0.05, 0) is 12.1 Å². The molecule has 0 atom stereocenters. The molecule has 0 spiro atoms. The van der Waals surface area contributed by atoms with Crippen LogP contribution in [0.15, 0.2) is 77.2 Å². The van der Waals surface area contributed by atoms with Gasteiger partial charge in [0.1, 0.15) is 11.5 Å². The molecule has 0 aliphatic carbocycles. The molecular formula is C21H18O4. The zero-order chi connectivity index (χ0) is 17.5. The van der Waals surface area contributed by atoms with Gasteiger partial charge in [-0.15, -0.1) is 0 Å². The van der Waals surface area contributed by atoms with E-state index in [1.165, 1.54) is 0 Å². The molecule has 0 aliphatic rings. The largest absolute Gasteiger partial charge is 0.461 e. The zero-order valence-corrected chi connectivity index (χ0v) is 13.7. The van der Waals surface area contributed by atoms with E-state index in [4.69, 9.17) is 9.15 Å². The Balaban J connectivity index is 1.47. The molecule has 2 aromatic carbocycles. The van der Waals surface area contributed by atoms with E-state index in [0.717, 1.165) is 11.3 Å². The average Bonchev–Trinajstić information content (AvgIpc) is 3.15. The standard InChI is InChI=1S/C21H18O4/c22-19(16-7-3-1-4-8-16)15-24-21(23)14-12-18-11-13-20(25-18)17-9-5-2-6-10-17/h1-11,13H,12,14-15H2. The molecule has 0 radical (unpaired) electrons. The molecule has 25 heavy (non-hydrogen) atoms. The van der Waals surface area contributed by atoms with Gasteiger partial charge in [-0.1, -0.05) is 60.7 Å². The second-order valence-electron chi connectivity index (χ2n) is 5.58. The Bertz CT molecular complexity index is 835. The van der Waals surface area contributed by atoms with Crippen molar-refractivity contribution < 1.29 is 18.7 Å². The molecule has 0 aliphatic heterocycles. The average molecular weight is 334 g/mol. The molecule has 0 fully saturated rings. The Labute approximate surface area is 146 Å². The highest BCUT2D eigenvalue weighted by Gasteiger charge is 2.11. The molecule has 1 aromatic heterocycles. The smallest absolute Gasteiger partial charge is 0.306 e. The van der Waals surface area contributed by atoms with E-state index in [0.29, 0.717) is 17.7 Å². The Morgan fingerprint density at radius 1 is 0.840 bits per heavy atom. The lowest BCUT2D eigenvalue weighted by atomic mass is 10.1. The first-order chi connectivity index (χ1) is 12.2. The Kier molecular flexibility index (Phi) is 5.42. The number of hydrogen-bond acceptors (Lipinski definition) is 4. The molecule has 0 unspecified atom stereocenters. The second-order valence-corrected chi connectivity index (χ2v) is 5.58. The van der Waals surface area contributed by atoms with Crippen LogP contribution in [-0.2, 0) is 16.0 Å². The van der Waals surface area contributed by atoms with E-state index in [2.05, 4.69) is 0 Å². The van der Waals surface area contributed by atoms with Gasteiger partial charge in [-0.2, -0.15) is 0 Å². The van der Waals surface area contributed by atoms with Crippen molar-refractivity contribution in [2.24, 2.45) is 0 Å². The summed E-state index contributed by atoms with van der Waals surface area (Å²) in [7, 11) is 0. The van der Waals surface area contributed by atoms with Crippen LogP contribution in [0.25, 0.3) is 11.3 Å². The van der Waals surface area contributed by atoms with Gasteiger partial charge in [0, 0.05) is 17.5 Å². The third-order valence-corrected chi connectivity index (χ3v) is 3.76. The van der Waals surface area contributed by atoms with E-state index in [1.54, 1.807) is 24.3 Å². The van der Waals surface area contributed by atoms with Gasteiger partial charge in [0.25, 0.3) is 0 Å².